The molecule has 0 amide bonds. The molecule has 0 aliphatic heterocycles. The van der Waals surface area contributed by atoms with Gasteiger partial charge < -0.3 is 19.5 Å². The molecule has 6 nitrogen and oxygen atoms in total. The third-order valence-electron chi connectivity index (χ3n) is 3.89. The van der Waals surface area contributed by atoms with E-state index >= 15 is 0 Å². The van der Waals surface area contributed by atoms with E-state index in [1.54, 1.807) is 28.7 Å². The van der Waals surface area contributed by atoms with Gasteiger partial charge in [0.05, 0.1) is 17.6 Å². The normalized spacial score (nSPS) is 11.0. The lowest BCUT2D eigenvalue weighted by molar-refractivity contribution is -0.0692. The Labute approximate surface area is 171 Å². The lowest BCUT2D eigenvalue weighted by atomic mass is 10.1. The van der Waals surface area contributed by atoms with Gasteiger partial charge in [0.15, 0.2) is 11.5 Å². The van der Waals surface area contributed by atoms with Crippen molar-refractivity contribution in [1.82, 2.24) is 4.98 Å². The van der Waals surface area contributed by atoms with Crippen molar-refractivity contribution in [2.45, 2.75) is 19.8 Å². The van der Waals surface area contributed by atoms with Gasteiger partial charge in [-0.1, -0.05) is 0 Å². The number of aromatic carboxylic acids is 1. The number of anilines is 2. The highest BCUT2D eigenvalue weighted by molar-refractivity contribution is 7.09. The molecule has 30 heavy (non-hydrogen) atoms. The highest BCUT2D eigenvalue weighted by Crippen LogP contribution is 2.37. The van der Waals surface area contributed by atoms with Crippen LogP contribution in [-0.4, -0.2) is 29.3 Å². The standard InChI is InChI=1S/C19H14F4N2O4S/c20-18(21)28-15-6-5-13(7-16(15)29-19(22)23)25(9-14-8-24-10-30-14)12-3-1-11(2-4-12)17(26)27/h1-8,10,18-19H,9H2,(H,26,27). The predicted molar refractivity (Wildman–Crippen MR) is 101 cm³/mol. The number of rotatable bonds is 9. The van der Waals surface area contributed by atoms with Crippen molar-refractivity contribution < 1.29 is 36.9 Å². The molecule has 0 saturated heterocycles. The highest BCUT2D eigenvalue weighted by atomic mass is 32.1. The summed E-state index contributed by atoms with van der Waals surface area (Å²) in [6, 6.07) is 9.52. The van der Waals surface area contributed by atoms with Crippen molar-refractivity contribution in [2.24, 2.45) is 0 Å². The minimum atomic E-state index is -3.25. The number of aromatic nitrogens is 1. The van der Waals surface area contributed by atoms with Crippen molar-refractivity contribution in [3.05, 3.63) is 64.6 Å². The average molecular weight is 442 g/mol. The lowest BCUT2D eigenvalue weighted by Crippen LogP contribution is -2.17. The topological polar surface area (TPSA) is 71.9 Å². The summed E-state index contributed by atoms with van der Waals surface area (Å²) >= 11 is 1.35. The lowest BCUT2D eigenvalue weighted by Gasteiger charge is -2.25. The molecule has 1 N–H and O–H groups in total. The number of halogens is 4. The van der Waals surface area contributed by atoms with Gasteiger partial charge in [-0.05, 0) is 36.4 Å². The van der Waals surface area contributed by atoms with E-state index in [1.165, 1.54) is 29.5 Å². The Bertz CT molecular complexity index is 985. The Kier molecular flexibility index (Phi) is 6.72. The Balaban J connectivity index is 2.02. The molecule has 1 heterocycles. The molecule has 3 aromatic rings. The largest absolute Gasteiger partial charge is 0.478 e. The molecule has 0 fully saturated rings. The zero-order chi connectivity index (χ0) is 21.7. The van der Waals surface area contributed by atoms with Crippen molar-refractivity contribution in [1.29, 1.82) is 0 Å². The summed E-state index contributed by atoms with van der Waals surface area (Å²) < 4.78 is 59.3. The molecule has 0 radical (unpaired) electrons. The second kappa shape index (κ2) is 9.44. The summed E-state index contributed by atoms with van der Waals surface area (Å²) in [4.78, 5) is 17.6. The van der Waals surface area contributed by atoms with Gasteiger partial charge in [-0.3, -0.25) is 4.98 Å². The number of benzene rings is 2. The van der Waals surface area contributed by atoms with E-state index in [-0.39, 0.29) is 12.1 Å². The quantitative estimate of drug-likeness (QED) is 0.449. The Morgan fingerprint density at radius 3 is 2.20 bits per heavy atom. The van der Waals surface area contributed by atoms with Crippen LogP contribution in [0.3, 0.4) is 0 Å². The first-order chi connectivity index (χ1) is 14.3. The number of nitrogens with zero attached hydrogens (tertiary/aromatic N) is 2. The van der Waals surface area contributed by atoms with E-state index in [9.17, 15) is 22.4 Å². The maximum absolute atomic E-state index is 12.8. The molecule has 0 aliphatic carbocycles. The maximum Gasteiger partial charge on any atom is 0.387 e. The fourth-order valence-electron chi connectivity index (χ4n) is 2.64. The third kappa shape index (κ3) is 5.38. The molecule has 0 atom stereocenters. The number of ether oxygens (including phenoxy) is 2. The first-order valence-corrected chi connectivity index (χ1v) is 9.23. The van der Waals surface area contributed by atoms with Gasteiger partial charge in [0.1, 0.15) is 0 Å². The van der Waals surface area contributed by atoms with Gasteiger partial charge in [0.2, 0.25) is 0 Å². The van der Waals surface area contributed by atoms with Crippen LogP contribution < -0.4 is 14.4 Å². The maximum atomic E-state index is 12.8. The first kappa shape index (κ1) is 21.4. The predicted octanol–water partition coefficient (Wildman–Crippen LogP) is 5.38. The first-order valence-electron chi connectivity index (χ1n) is 8.35. The van der Waals surface area contributed by atoms with Gasteiger partial charge in [-0.15, -0.1) is 11.3 Å². The van der Waals surface area contributed by atoms with Crippen LogP contribution in [0.25, 0.3) is 0 Å². The molecule has 1 aromatic heterocycles. The highest BCUT2D eigenvalue weighted by Gasteiger charge is 2.19. The van der Waals surface area contributed by atoms with E-state index in [0.29, 0.717) is 11.4 Å². The second-order valence-corrected chi connectivity index (χ2v) is 6.76. The molecule has 2 aromatic carbocycles. The average Bonchev–Trinajstić information content (AvgIpc) is 3.20. The number of carboxylic acid groups (broad SMARTS) is 1. The van der Waals surface area contributed by atoms with E-state index in [0.717, 1.165) is 17.0 Å². The summed E-state index contributed by atoms with van der Waals surface area (Å²) in [5, 5.41) is 9.08. The second-order valence-electron chi connectivity index (χ2n) is 5.79. The van der Waals surface area contributed by atoms with Crippen LogP contribution in [0.4, 0.5) is 28.9 Å². The van der Waals surface area contributed by atoms with E-state index in [1.807, 2.05) is 0 Å². The van der Waals surface area contributed by atoms with Crippen molar-refractivity contribution in [3.8, 4) is 11.5 Å². The fourth-order valence-corrected chi connectivity index (χ4v) is 3.22. The zero-order valence-corrected chi connectivity index (χ0v) is 15.9. The van der Waals surface area contributed by atoms with Gasteiger partial charge in [0, 0.05) is 28.5 Å². The van der Waals surface area contributed by atoms with Crippen LogP contribution in [0.2, 0.25) is 0 Å². The third-order valence-corrected chi connectivity index (χ3v) is 4.66. The van der Waals surface area contributed by atoms with Gasteiger partial charge in [-0.25, -0.2) is 4.79 Å². The van der Waals surface area contributed by atoms with Crippen LogP contribution in [0.5, 0.6) is 11.5 Å². The van der Waals surface area contributed by atoms with E-state index in [2.05, 4.69) is 14.5 Å². The fraction of sp³-hybridized carbons (Fsp3) is 0.158. The monoisotopic (exact) mass is 442 g/mol. The van der Waals surface area contributed by atoms with Crippen LogP contribution in [0, 0.1) is 0 Å². The summed E-state index contributed by atoms with van der Waals surface area (Å²) in [6.07, 6.45) is 1.62. The number of alkyl halides is 4. The van der Waals surface area contributed by atoms with Crippen LogP contribution in [0.15, 0.2) is 54.2 Å². The molecule has 11 heteroatoms. The van der Waals surface area contributed by atoms with Gasteiger partial charge in [-0.2, -0.15) is 17.6 Å². The Morgan fingerprint density at radius 2 is 1.63 bits per heavy atom. The van der Waals surface area contributed by atoms with E-state index < -0.39 is 30.7 Å². The minimum Gasteiger partial charge on any atom is -0.478 e. The summed E-state index contributed by atoms with van der Waals surface area (Å²) in [5.41, 5.74) is 2.56. The SMILES string of the molecule is O=C(O)c1ccc(N(Cc2cncs2)c2ccc(OC(F)F)c(OC(F)F)c2)cc1. The number of thiazole rings is 1. The molecular formula is C19H14F4N2O4S. The number of hydrogen-bond acceptors (Lipinski definition) is 6. The summed E-state index contributed by atoms with van der Waals surface area (Å²) in [7, 11) is 0. The Hall–Kier alpha value is -3.34. The molecule has 0 spiro atoms. The number of hydrogen-bond donors (Lipinski definition) is 1. The molecule has 158 valence electrons. The number of carbonyl (C=O) groups is 1. The zero-order valence-electron chi connectivity index (χ0n) is 15.0. The molecule has 0 saturated carbocycles. The van der Waals surface area contributed by atoms with E-state index in [4.69, 9.17) is 5.11 Å². The van der Waals surface area contributed by atoms with Gasteiger partial charge in [0.25, 0.3) is 0 Å². The van der Waals surface area contributed by atoms with Crippen molar-refractivity contribution >= 4 is 28.7 Å². The van der Waals surface area contributed by atoms with Crippen molar-refractivity contribution in [2.75, 3.05) is 4.90 Å². The smallest absolute Gasteiger partial charge is 0.387 e. The Morgan fingerprint density at radius 1 is 1.00 bits per heavy atom. The molecular weight excluding hydrogens is 428 g/mol. The van der Waals surface area contributed by atoms with Gasteiger partial charge >= 0.3 is 19.2 Å². The summed E-state index contributed by atoms with van der Waals surface area (Å²) in [5.74, 6) is -2.19. The van der Waals surface area contributed by atoms with Crippen LogP contribution in [0.1, 0.15) is 15.2 Å². The van der Waals surface area contributed by atoms with Crippen LogP contribution in [-0.2, 0) is 6.54 Å². The molecule has 0 unspecified atom stereocenters. The van der Waals surface area contributed by atoms with Crippen molar-refractivity contribution in [3.63, 3.8) is 0 Å². The minimum absolute atomic E-state index is 0.0684. The molecule has 0 aliphatic rings. The molecule has 3 rings (SSSR count). The number of carboxylic acids is 1. The van der Waals surface area contributed by atoms with Crippen LogP contribution >= 0.6 is 11.3 Å². The summed E-state index contributed by atoms with van der Waals surface area (Å²) in [6.45, 7) is -6.20. The molecule has 0 bridgehead atoms.